The lowest BCUT2D eigenvalue weighted by Crippen LogP contribution is -2.43. The van der Waals surface area contributed by atoms with E-state index in [1.165, 1.54) is 32.4 Å². The van der Waals surface area contributed by atoms with Crippen molar-refractivity contribution in [1.82, 2.24) is 10.2 Å². The average molecular weight is 200 g/mol. The van der Waals surface area contributed by atoms with Gasteiger partial charge in [-0.3, -0.25) is 4.90 Å². The molecule has 0 spiro atoms. The van der Waals surface area contributed by atoms with Gasteiger partial charge in [-0.15, -0.1) is 0 Å². The van der Waals surface area contributed by atoms with Crippen LogP contribution in [-0.2, 0) is 0 Å². The van der Waals surface area contributed by atoms with Crippen LogP contribution in [0.4, 0.5) is 0 Å². The van der Waals surface area contributed by atoms with Gasteiger partial charge in [0.2, 0.25) is 0 Å². The van der Waals surface area contributed by atoms with Gasteiger partial charge < -0.3 is 15.5 Å². The molecular formula is C10H20N2O2. The first-order valence-corrected chi connectivity index (χ1v) is 5.57. The Kier molecular flexibility index (Phi) is 3.38. The first-order valence-electron chi connectivity index (χ1n) is 5.57. The Labute approximate surface area is 84.9 Å². The normalized spacial score (nSPS) is 34.7. The summed E-state index contributed by atoms with van der Waals surface area (Å²) in [5.41, 5.74) is 0. The number of rotatable bonds is 4. The second-order valence-electron chi connectivity index (χ2n) is 4.39. The lowest BCUT2D eigenvalue weighted by Gasteiger charge is -2.22. The van der Waals surface area contributed by atoms with Crippen LogP contribution in [0.15, 0.2) is 0 Å². The highest BCUT2D eigenvalue weighted by Crippen LogP contribution is 2.27. The molecule has 0 aromatic carbocycles. The summed E-state index contributed by atoms with van der Waals surface area (Å²) < 4.78 is 0. The molecule has 2 unspecified atom stereocenters. The van der Waals surface area contributed by atoms with E-state index in [0.717, 1.165) is 0 Å². The fourth-order valence-corrected chi connectivity index (χ4v) is 2.67. The van der Waals surface area contributed by atoms with Crippen molar-refractivity contribution in [3.8, 4) is 0 Å². The molecule has 2 fully saturated rings. The number of hydrogen-bond acceptors (Lipinski definition) is 4. The lowest BCUT2D eigenvalue weighted by molar-refractivity contribution is 0.0907. The van der Waals surface area contributed by atoms with Gasteiger partial charge in [-0.1, -0.05) is 0 Å². The van der Waals surface area contributed by atoms with Crippen LogP contribution in [0.25, 0.3) is 0 Å². The molecule has 3 atom stereocenters. The minimum atomic E-state index is -0.606. The molecule has 3 N–H and O–H groups in total. The van der Waals surface area contributed by atoms with E-state index in [-0.39, 0.29) is 6.61 Å². The summed E-state index contributed by atoms with van der Waals surface area (Å²) >= 11 is 0. The maximum Gasteiger partial charge on any atom is 0.0895 e. The van der Waals surface area contributed by atoms with Crippen molar-refractivity contribution < 1.29 is 10.2 Å². The predicted octanol–water partition coefficient (Wildman–Crippen LogP) is -0.834. The lowest BCUT2D eigenvalue weighted by atomic mass is 10.1. The molecule has 4 nitrogen and oxygen atoms in total. The number of aliphatic hydroxyl groups is 2. The largest absolute Gasteiger partial charge is 0.394 e. The molecule has 2 aliphatic rings. The van der Waals surface area contributed by atoms with Crippen LogP contribution in [0.1, 0.15) is 19.3 Å². The van der Waals surface area contributed by atoms with Crippen molar-refractivity contribution >= 4 is 0 Å². The Morgan fingerprint density at radius 1 is 1.36 bits per heavy atom. The molecule has 14 heavy (non-hydrogen) atoms. The predicted molar refractivity (Wildman–Crippen MR) is 54.1 cm³/mol. The van der Waals surface area contributed by atoms with Crippen molar-refractivity contribution in [2.45, 2.75) is 37.5 Å². The minimum Gasteiger partial charge on any atom is -0.394 e. The number of hydrogen-bond donors (Lipinski definition) is 3. The van der Waals surface area contributed by atoms with Crippen LogP contribution >= 0.6 is 0 Å². The molecule has 0 aliphatic carbocycles. The standard InChI is InChI=1S/C10H20N2O2/c13-7-8(14)6-11-9-3-5-12-4-1-2-10(9)12/h8-11,13-14H,1-7H2/t8-,9?,10?/m0/s1. The Morgan fingerprint density at radius 3 is 3.00 bits per heavy atom. The zero-order valence-corrected chi connectivity index (χ0v) is 8.52. The summed E-state index contributed by atoms with van der Waals surface area (Å²) in [5, 5.41) is 21.3. The van der Waals surface area contributed by atoms with Gasteiger partial charge in [0.05, 0.1) is 12.7 Å². The second-order valence-corrected chi connectivity index (χ2v) is 4.39. The molecule has 2 rings (SSSR count). The van der Waals surface area contributed by atoms with Crippen molar-refractivity contribution in [2.75, 3.05) is 26.2 Å². The fourth-order valence-electron chi connectivity index (χ4n) is 2.67. The zero-order valence-electron chi connectivity index (χ0n) is 8.52. The Bertz CT molecular complexity index is 189. The third-order valence-corrected chi connectivity index (χ3v) is 3.43. The van der Waals surface area contributed by atoms with Gasteiger partial charge in [0, 0.05) is 25.2 Å². The van der Waals surface area contributed by atoms with Crippen LogP contribution < -0.4 is 5.32 Å². The maximum absolute atomic E-state index is 9.23. The molecule has 2 aliphatic heterocycles. The molecule has 2 saturated heterocycles. The molecule has 0 amide bonds. The van der Waals surface area contributed by atoms with E-state index < -0.39 is 6.10 Å². The summed E-state index contributed by atoms with van der Waals surface area (Å²) in [6.45, 7) is 2.81. The Morgan fingerprint density at radius 2 is 2.21 bits per heavy atom. The Balaban J connectivity index is 1.76. The summed E-state index contributed by atoms with van der Waals surface area (Å²) in [7, 11) is 0. The number of fused-ring (bicyclic) bond motifs is 1. The van der Waals surface area contributed by atoms with Crippen molar-refractivity contribution in [3.05, 3.63) is 0 Å². The van der Waals surface area contributed by atoms with Gasteiger partial charge in [-0.25, -0.2) is 0 Å². The van der Waals surface area contributed by atoms with E-state index in [1.54, 1.807) is 0 Å². The third kappa shape index (κ3) is 2.08. The second kappa shape index (κ2) is 4.57. The molecule has 0 saturated carbocycles. The monoisotopic (exact) mass is 200 g/mol. The van der Waals surface area contributed by atoms with Gasteiger partial charge in [0.25, 0.3) is 0 Å². The summed E-state index contributed by atoms with van der Waals surface area (Å²) in [5.74, 6) is 0. The highest BCUT2D eigenvalue weighted by molar-refractivity contribution is 4.95. The van der Waals surface area contributed by atoms with Gasteiger partial charge in [-0.2, -0.15) is 0 Å². The average Bonchev–Trinajstić information content (AvgIpc) is 2.76. The molecule has 2 heterocycles. The highest BCUT2D eigenvalue weighted by Gasteiger charge is 2.36. The molecule has 0 radical (unpaired) electrons. The molecule has 82 valence electrons. The van der Waals surface area contributed by atoms with E-state index in [1.807, 2.05) is 0 Å². The minimum absolute atomic E-state index is 0.145. The van der Waals surface area contributed by atoms with E-state index in [9.17, 15) is 5.11 Å². The third-order valence-electron chi connectivity index (χ3n) is 3.43. The zero-order chi connectivity index (χ0) is 9.97. The van der Waals surface area contributed by atoms with Crippen LogP contribution in [0.2, 0.25) is 0 Å². The van der Waals surface area contributed by atoms with Crippen molar-refractivity contribution in [2.24, 2.45) is 0 Å². The fraction of sp³-hybridized carbons (Fsp3) is 1.00. The van der Waals surface area contributed by atoms with Crippen LogP contribution in [0.3, 0.4) is 0 Å². The highest BCUT2D eigenvalue weighted by atomic mass is 16.3. The number of nitrogens with zero attached hydrogens (tertiary/aromatic N) is 1. The molecular weight excluding hydrogens is 180 g/mol. The molecule has 0 bridgehead atoms. The summed E-state index contributed by atoms with van der Waals surface area (Å²) in [6.07, 6.45) is 3.17. The first-order chi connectivity index (χ1) is 6.81. The molecule has 4 heteroatoms. The van der Waals surface area contributed by atoms with Crippen molar-refractivity contribution in [1.29, 1.82) is 0 Å². The van der Waals surface area contributed by atoms with Gasteiger partial charge in [-0.05, 0) is 25.8 Å². The maximum atomic E-state index is 9.23. The smallest absolute Gasteiger partial charge is 0.0895 e. The van der Waals surface area contributed by atoms with Gasteiger partial charge in [0.15, 0.2) is 0 Å². The summed E-state index contributed by atoms with van der Waals surface area (Å²) in [4.78, 5) is 2.53. The topological polar surface area (TPSA) is 55.7 Å². The number of aliphatic hydroxyl groups excluding tert-OH is 2. The number of nitrogens with one attached hydrogen (secondary N) is 1. The van der Waals surface area contributed by atoms with Crippen molar-refractivity contribution in [3.63, 3.8) is 0 Å². The van der Waals surface area contributed by atoms with Gasteiger partial charge in [0.1, 0.15) is 0 Å². The summed E-state index contributed by atoms with van der Waals surface area (Å²) in [6, 6.07) is 1.21. The first kappa shape index (κ1) is 10.4. The van der Waals surface area contributed by atoms with Crippen LogP contribution in [0.5, 0.6) is 0 Å². The van der Waals surface area contributed by atoms with E-state index in [2.05, 4.69) is 10.2 Å². The Hall–Kier alpha value is -0.160. The molecule has 0 aromatic rings. The van der Waals surface area contributed by atoms with E-state index in [0.29, 0.717) is 18.6 Å². The SMILES string of the molecule is OC[C@@H](O)CNC1CCN2CCCC12. The van der Waals surface area contributed by atoms with Crippen LogP contribution in [0, 0.1) is 0 Å². The van der Waals surface area contributed by atoms with E-state index in [4.69, 9.17) is 5.11 Å². The van der Waals surface area contributed by atoms with E-state index >= 15 is 0 Å². The van der Waals surface area contributed by atoms with Gasteiger partial charge >= 0.3 is 0 Å². The van der Waals surface area contributed by atoms with Crippen LogP contribution in [-0.4, -0.2) is 59.5 Å². The quantitative estimate of drug-likeness (QED) is 0.554. The molecule has 0 aromatic heterocycles.